The molecule has 1 heterocycles. The number of piperidine rings is 1. The predicted molar refractivity (Wildman–Crippen MR) is 80.0 cm³/mol. The summed E-state index contributed by atoms with van der Waals surface area (Å²) in [5, 5.41) is 12.6. The first-order valence-electron chi connectivity index (χ1n) is 5.57. The van der Waals surface area contributed by atoms with E-state index in [2.05, 4.69) is 11.4 Å². The van der Waals surface area contributed by atoms with Crippen LogP contribution in [0, 0.1) is 11.3 Å². The molecule has 2 rings (SSSR count). The molecule has 0 spiro atoms. The van der Waals surface area contributed by atoms with E-state index in [0.29, 0.717) is 0 Å². The van der Waals surface area contributed by atoms with Crippen molar-refractivity contribution in [1.29, 1.82) is 5.26 Å². The standard InChI is InChI=1S/C13H13ClN2S.ClH/c14-17-12-3-1-10(2-4-12)13(9-15)11-5-7-16-8-6-11;/h1-4,16H,5-8H2;1H. The van der Waals surface area contributed by atoms with E-state index in [1.807, 2.05) is 24.3 Å². The van der Waals surface area contributed by atoms with Gasteiger partial charge in [0.2, 0.25) is 0 Å². The Bertz CT molecular complexity index is 455. The SMILES string of the molecule is Cl.N#CC(=C1CCNCC1)c1ccc(SCl)cc1. The van der Waals surface area contributed by atoms with Crippen LogP contribution in [0.15, 0.2) is 34.7 Å². The van der Waals surface area contributed by atoms with Crippen LogP contribution < -0.4 is 5.32 Å². The van der Waals surface area contributed by atoms with Gasteiger partial charge >= 0.3 is 0 Å². The van der Waals surface area contributed by atoms with E-state index >= 15 is 0 Å². The molecule has 18 heavy (non-hydrogen) atoms. The normalized spacial score (nSPS) is 14.6. The van der Waals surface area contributed by atoms with Gasteiger partial charge < -0.3 is 5.32 Å². The summed E-state index contributed by atoms with van der Waals surface area (Å²) in [4.78, 5) is 1.00. The highest BCUT2D eigenvalue weighted by atomic mass is 35.7. The molecule has 0 saturated carbocycles. The number of halogens is 2. The Morgan fingerprint density at radius 3 is 2.33 bits per heavy atom. The van der Waals surface area contributed by atoms with Gasteiger partial charge in [-0.1, -0.05) is 12.1 Å². The van der Waals surface area contributed by atoms with Crippen molar-refractivity contribution in [3.63, 3.8) is 0 Å². The Balaban J connectivity index is 0.00000162. The monoisotopic (exact) mass is 300 g/mol. The molecule has 1 fully saturated rings. The van der Waals surface area contributed by atoms with Gasteiger partial charge in [0.05, 0.1) is 11.6 Å². The van der Waals surface area contributed by atoms with Crippen LogP contribution in [0.25, 0.3) is 5.57 Å². The van der Waals surface area contributed by atoms with Gasteiger partial charge in [-0.3, -0.25) is 0 Å². The van der Waals surface area contributed by atoms with Gasteiger partial charge in [0.15, 0.2) is 0 Å². The van der Waals surface area contributed by atoms with Gasteiger partial charge in [-0.15, -0.1) is 12.4 Å². The summed E-state index contributed by atoms with van der Waals surface area (Å²) in [6.07, 6.45) is 1.93. The molecular weight excluding hydrogens is 287 g/mol. The third-order valence-electron chi connectivity index (χ3n) is 2.90. The maximum atomic E-state index is 9.30. The molecule has 1 N–H and O–H groups in total. The molecule has 2 nitrogen and oxygen atoms in total. The number of hydrogen-bond acceptors (Lipinski definition) is 3. The van der Waals surface area contributed by atoms with Crippen LogP contribution in [-0.2, 0) is 0 Å². The number of hydrogen-bond donors (Lipinski definition) is 1. The van der Waals surface area contributed by atoms with E-state index in [9.17, 15) is 5.26 Å². The van der Waals surface area contributed by atoms with Crippen LogP contribution in [0.4, 0.5) is 0 Å². The number of benzene rings is 1. The lowest BCUT2D eigenvalue weighted by Crippen LogP contribution is -2.23. The maximum Gasteiger partial charge on any atom is 0.0997 e. The summed E-state index contributed by atoms with van der Waals surface area (Å²) in [6.45, 7) is 1.94. The first kappa shape index (κ1) is 15.4. The second kappa shape index (κ2) is 7.70. The fourth-order valence-electron chi connectivity index (χ4n) is 2.00. The number of nitriles is 1. The molecule has 1 aliphatic heterocycles. The minimum absolute atomic E-state index is 0. The Labute approximate surface area is 122 Å². The minimum Gasteiger partial charge on any atom is -0.316 e. The van der Waals surface area contributed by atoms with Crippen LogP contribution >= 0.6 is 34.1 Å². The molecule has 0 aromatic heterocycles. The molecule has 1 aromatic rings. The molecule has 0 amide bonds. The largest absolute Gasteiger partial charge is 0.316 e. The maximum absolute atomic E-state index is 9.30. The van der Waals surface area contributed by atoms with E-state index in [0.717, 1.165) is 42.0 Å². The summed E-state index contributed by atoms with van der Waals surface area (Å²) in [5.41, 5.74) is 3.09. The van der Waals surface area contributed by atoms with Crippen molar-refractivity contribution in [2.24, 2.45) is 0 Å². The molecule has 0 unspecified atom stereocenters. The highest BCUT2D eigenvalue weighted by molar-refractivity contribution is 8.21. The van der Waals surface area contributed by atoms with Crippen molar-refractivity contribution in [3.05, 3.63) is 35.4 Å². The summed E-state index contributed by atoms with van der Waals surface area (Å²) in [5.74, 6) is 0. The minimum atomic E-state index is 0. The Kier molecular flexibility index (Phi) is 6.59. The average Bonchev–Trinajstić information content (AvgIpc) is 2.42. The lowest BCUT2D eigenvalue weighted by atomic mass is 9.95. The van der Waals surface area contributed by atoms with Crippen molar-refractivity contribution in [2.75, 3.05) is 13.1 Å². The molecule has 0 aliphatic carbocycles. The fraction of sp³-hybridized carbons (Fsp3) is 0.308. The van der Waals surface area contributed by atoms with Crippen LogP contribution in [0.2, 0.25) is 0 Å². The Hall–Kier alpha value is -0.660. The third kappa shape index (κ3) is 3.66. The Morgan fingerprint density at radius 2 is 1.83 bits per heavy atom. The zero-order chi connectivity index (χ0) is 12.1. The highest BCUT2D eigenvalue weighted by Gasteiger charge is 2.12. The van der Waals surface area contributed by atoms with Crippen molar-refractivity contribution in [1.82, 2.24) is 5.32 Å². The zero-order valence-electron chi connectivity index (χ0n) is 9.78. The van der Waals surface area contributed by atoms with E-state index in [-0.39, 0.29) is 12.4 Å². The van der Waals surface area contributed by atoms with Crippen molar-refractivity contribution >= 4 is 39.6 Å². The molecule has 1 aliphatic rings. The van der Waals surface area contributed by atoms with Gasteiger partial charge in [-0.2, -0.15) is 5.26 Å². The predicted octanol–water partition coefficient (Wildman–Crippen LogP) is 4.01. The van der Waals surface area contributed by atoms with Crippen molar-refractivity contribution in [3.8, 4) is 6.07 Å². The molecule has 1 saturated heterocycles. The molecular formula is C13H14Cl2N2S. The lowest BCUT2D eigenvalue weighted by molar-refractivity contribution is 0.612. The first-order chi connectivity index (χ1) is 8.35. The first-order valence-corrected chi connectivity index (χ1v) is 7.21. The van der Waals surface area contributed by atoms with E-state index in [1.54, 1.807) is 0 Å². The molecule has 0 bridgehead atoms. The van der Waals surface area contributed by atoms with E-state index in [1.165, 1.54) is 16.5 Å². The zero-order valence-corrected chi connectivity index (χ0v) is 12.2. The number of allylic oxidation sites excluding steroid dienone is 1. The molecule has 0 atom stereocenters. The average molecular weight is 301 g/mol. The number of nitrogens with zero attached hydrogens (tertiary/aromatic N) is 1. The number of rotatable bonds is 2. The summed E-state index contributed by atoms with van der Waals surface area (Å²) >= 11 is 0. The van der Waals surface area contributed by atoms with Crippen LogP contribution in [-0.4, -0.2) is 13.1 Å². The lowest BCUT2D eigenvalue weighted by Gasteiger charge is -2.17. The molecule has 96 valence electrons. The molecule has 5 heteroatoms. The third-order valence-corrected chi connectivity index (χ3v) is 3.89. The second-order valence-corrected chi connectivity index (χ2v) is 5.03. The van der Waals surface area contributed by atoms with Crippen molar-refractivity contribution < 1.29 is 0 Å². The van der Waals surface area contributed by atoms with Gasteiger partial charge in [0.1, 0.15) is 0 Å². The number of nitrogens with one attached hydrogen (secondary N) is 1. The summed E-state index contributed by atoms with van der Waals surface area (Å²) in [6, 6.07) is 10.2. The molecule has 1 aromatic carbocycles. The van der Waals surface area contributed by atoms with E-state index < -0.39 is 0 Å². The van der Waals surface area contributed by atoms with Gasteiger partial charge in [0.25, 0.3) is 0 Å². The van der Waals surface area contributed by atoms with Crippen molar-refractivity contribution in [2.45, 2.75) is 17.7 Å². The topological polar surface area (TPSA) is 35.8 Å². The fourth-order valence-corrected chi connectivity index (χ4v) is 2.55. The highest BCUT2D eigenvalue weighted by Crippen LogP contribution is 2.27. The van der Waals surface area contributed by atoms with Crippen LogP contribution in [0.1, 0.15) is 18.4 Å². The summed E-state index contributed by atoms with van der Waals surface area (Å²) in [7, 11) is 6.87. The van der Waals surface area contributed by atoms with E-state index in [4.69, 9.17) is 10.7 Å². The van der Waals surface area contributed by atoms with Crippen LogP contribution in [0.5, 0.6) is 0 Å². The van der Waals surface area contributed by atoms with Gasteiger partial charge in [-0.25, -0.2) is 0 Å². The summed E-state index contributed by atoms with van der Waals surface area (Å²) < 4.78 is 0. The molecule has 0 radical (unpaired) electrons. The van der Waals surface area contributed by atoms with Gasteiger partial charge in [0, 0.05) is 4.90 Å². The quantitative estimate of drug-likeness (QED) is 0.838. The Morgan fingerprint density at radius 1 is 1.22 bits per heavy atom. The smallest absolute Gasteiger partial charge is 0.0997 e. The van der Waals surface area contributed by atoms with Crippen LogP contribution in [0.3, 0.4) is 0 Å². The second-order valence-electron chi connectivity index (χ2n) is 3.94. The van der Waals surface area contributed by atoms with Gasteiger partial charge in [-0.05, 0) is 70.9 Å².